The number of rotatable bonds is 4. The Morgan fingerprint density at radius 2 is 1.86 bits per heavy atom. The first-order valence-corrected chi connectivity index (χ1v) is 6.98. The standard InChI is InChI=1S/C14H11Cl2N5/c15-11-2-1-10(7-12(11)16)18-8-13-19-14(21-20-13)9-3-5-17-6-4-9/h1-7,18H,8H2,(H,19,20,21). The molecule has 3 aromatic rings. The molecule has 1 aromatic carbocycles. The fraction of sp³-hybridized carbons (Fsp3) is 0.0714. The van der Waals surface area contributed by atoms with Crippen LogP contribution in [0.25, 0.3) is 11.4 Å². The summed E-state index contributed by atoms with van der Waals surface area (Å²) in [5.41, 5.74) is 1.79. The average Bonchev–Trinajstić information content (AvgIpc) is 2.98. The molecular weight excluding hydrogens is 309 g/mol. The van der Waals surface area contributed by atoms with E-state index in [1.54, 1.807) is 24.5 Å². The van der Waals surface area contributed by atoms with Crippen LogP contribution in [-0.2, 0) is 6.54 Å². The van der Waals surface area contributed by atoms with Crippen LogP contribution in [0.15, 0.2) is 42.7 Å². The zero-order chi connectivity index (χ0) is 14.7. The van der Waals surface area contributed by atoms with E-state index in [0.717, 1.165) is 17.1 Å². The van der Waals surface area contributed by atoms with Gasteiger partial charge < -0.3 is 5.32 Å². The van der Waals surface area contributed by atoms with E-state index in [2.05, 4.69) is 25.5 Å². The van der Waals surface area contributed by atoms with Crippen molar-refractivity contribution >= 4 is 28.9 Å². The lowest BCUT2D eigenvalue weighted by Gasteiger charge is -2.05. The number of anilines is 1. The minimum atomic E-state index is 0.510. The molecule has 0 bridgehead atoms. The molecule has 2 N–H and O–H groups in total. The van der Waals surface area contributed by atoms with Gasteiger partial charge in [0.15, 0.2) is 5.82 Å². The van der Waals surface area contributed by atoms with Crippen LogP contribution in [0.1, 0.15) is 5.82 Å². The van der Waals surface area contributed by atoms with E-state index in [0.29, 0.717) is 22.4 Å². The van der Waals surface area contributed by atoms with E-state index in [1.807, 2.05) is 18.2 Å². The SMILES string of the molecule is Clc1ccc(NCc2nc(-c3ccncc3)n[nH]2)cc1Cl. The lowest BCUT2D eigenvalue weighted by molar-refractivity contribution is 0.955. The number of hydrogen-bond donors (Lipinski definition) is 2. The van der Waals surface area contributed by atoms with Gasteiger partial charge in [0.2, 0.25) is 0 Å². The van der Waals surface area contributed by atoms with Crippen molar-refractivity contribution < 1.29 is 0 Å². The highest BCUT2D eigenvalue weighted by Gasteiger charge is 2.06. The number of aromatic nitrogens is 4. The number of halogens is 2. The summed E-state index contributed by atoms with van der Waals surface area (Å²) in [7, 11) is 0. The van der Waals surface area contributed by atoms with Crippen molar-refractivity contribution in [2.24, 2.45) is 0 Å². The zero-order valence-corrected chi connectivity index (χ0v) is 12.4. The Hall–Kier alpha value is -2.11. The maximum absolute atomic E-state index is 5.97. The molecule has 0 unspecified atom stereocenters. The monoisotopic (exact) mass is 319 g/mol. The van der Waals surface area contributed by atoms with Crippen LogP contribution in [-0.4, -0.2) is 20.2 Å². The van der Waals surface area contributed by atoms with E-state index in [1.165, 1.54) is 0 Å². The number of nitrogens with zero attached hydrogens (tertiary/aromatic N) is 3. The van der Waals surface area contributed by atoms with Gasteiger partial charge in [-0.15, -0.1) is 0 Å². The van der Waals surface area contributed by atoms with Crippen LogP contribution in [0.5, 0.6) is 0 Å². The topological polar surface area (TPSA) is 66.5 Å². The summed E-state index contributed by atoms with van der Waals surface area (Å²) in [5.74, 6) is 1.37. The van der Waals surface area contributed by atoms with Gasteiger partial charge in [0.1, 0.15) is 5.82 Å². The van der Waals surface area contributed by atoms with Gasteiger partial charge in [-0.3, -0.25) is 10.1 Å². The molecule has 3 rings (SSSR count). The van der Waals surface area contributed by atoms with Crippen molar-refractivity contribution in [1.29, 1.82) is 0 Å². The second-order valence-electron chi connectivity index (χ2n) is 4.32. The van der Waals surface area contributed by atoms with Crippen LogP contribution in [0.4, 0.5) is 5.69 Å². The fourth-order valence-electron chi connectivity index (χ4n) is 1.80. The number of aromatic amines is 1. The van der Waals surface area contributed by atoms with Crippen LogP contribution in [0.3, 0.4) is 0 Å². The Morgan fingerprint density at radius 3 is 2.62 bits per heavy atom. The zero-order valence-electron chi connectivity index (χ0n) is 10.8. The predicted molar refractivity (Wildman–Crippen MR) is 83.4 cm³/mol. The van der Waals surface area contributed by atoms with Crippen molar-refractivity contribution in [3.05, 3.63) is 58.6 Å². The molecule has 21 heavy (non-hydrogen) atoms. The number of nitrogens with one attached hydrogen (secondary N) is 2. The molecule has 0 saturated carbocycles. The molecular formula is C14H11Cl2N5. The van der Waals surface area contributed by atoms with E-state index in [9.17, 15) is 0 Å². The van der Waals surface area contributed by atoms with Crippen LogP contribution in [0.2, 0.25) is 10.0 Å². The van der Waals surface area contributed by atoms with E-state index in [4.69, 9.17) is 23.2 Å². The molecule has 0 aliphatic rings. The molecule has 0 fully saturated rings. The number of H-pyrrole nitrogens is 1. The van der Waals surface area contributed by atoms with Crippen LogP contribution < -0.4 is 5.32 Å². The lowest BCUT2D eigenvalue weighted by Crippen LogP contribution is -2.01. The average molecular weight is 320 g/mol. The smallest absolute Gasteiger partial charge is 0.181 e. The maximum atomic E-state index is 5.97. The first-order valence-electron chi connectivity index (χ1n) is 6.23. The van der Waals surface area contributed by atoms with E-state index < -0.39 is 0 Å². The minimum absolute atomic E-state index is 0.510. The van der Waals surface area contributed by atoms with Crippen LogP contribution in [0, 0.1) is 0 Å². The summed E-state index contributed by atoms with van der Waals surface area (Å²) in [6.45, 7) is 0.510. The molecule has 106 valence electrons. The quantitative estimate of drug-likeness (QED) is 0.767. The summed E-state index contributed by atoms with van der Waals surface area (Å²) < 4.78 is 0. The maximum Gasteiger partial charge on any atom is 0.181 e. The van der Waals surface area contributed by atoms with Crippen molar-refractivity contribution in [3.8, 4) is 11.4 Å². The van der Waals surface area contributed by atoms with Crippen molar-refractivity contribution in [2.75, 3.05) is 5.32 Å². The predicted octanol–water partition coefficient (Wildman–Crippen LogP) is 3.79. The summed E-state index contributed by atoms with van der Waals surface area (Å²) in [4.78, 5) is 8.39. The molecule has 0 spiro atoms. The van der Waals surface area contributed by atoms with Gasteiger partial charge in [-0.25, -0.2) is 4.98 Å². The Balaban J connectivity index is 1.69. The normalized spacial score (nSPS) is 10.6. The third-order valence-electron chi connectivity index (χ3n) is 2.85. The summed E-state index contributed by atoms with van der Waals surface area (Å²) in [5, 5.41) is 11.3. The third-order valence-corrected chi connectivity index (χ3v) is 3.59. The second-order valence-corrected chi connectivity index (χ2v) is 5.14. The van der Waals surface area contributed by atoms with Gasteiger partial charge in [-0.05, 0) is 30.3 Å². The van der Waals surface area contributed by atoms with Crippen LogP contribution >= 0.6 is 23.2 Å². The second kappa shape index (κ2) is 6.11. The van der Waals surface area contributed by atoms with E-state index in [-0.39, 0.29) is 0 Å². The molecule has 2 heterocycles. The van der Waals surface area contributed by atoms with Gasteiger partial charge >= 0.3 is 0 Å². The number of benzene rings is 1. The Morgan fingerprint density at radius 1 is 1.05 bits per heavy atom. The molecule has 2 aromatic heterocycles. The lowest BCUT2D eigenvalue weighted by atomic mass is 10.2. The molecule has 0 saturated heterocycles. The largest absolute Gasteiger partial charge is 0.378 e. The summed E-state index contributed by atoms with van der Waals surface area (Å²) in [6.07, 6.45) is 3.42. The molecule has 5 nitrogen and oxygen atoms in total. The number of hydrogen-bond acceptors (Lipinski definition) is 4. The highest BCUT2D eigenvalue weighted by molar-refractivity contribution is 6.42. The highest BCUT2D eigenvalue weighted by Crippen LogP contribution is 2.25. The first kappa shape index (κ1) is 13.9. The molecule has 0 amide bonds. The van der Waals surface area contributed by atoms with Gasteiger partial charge in [0.25, 0.3) is 0 Å². The van der Waals surface area contributed by atoms with Crippen molar-refractivity contribution in [1.82, 2.24) is 20.2 Å². The fourth-order valence-corrected chi connectivity index (χ4v) is 2.09. The Kier molecular flexibility index (Phi) is 4.03. The molecule has 0 aliphatic heterocycles. The molecule has 0 atom stereocenters. The van der Waals surface area contributed by atoms with Crippen molar-refractivity contribution in [2.45, 2.75) is 6.54 Å². The molecule has 0 aliphatic carbocycles. The molecule has 0 radical (unpaired) electrons. The van der Waals surface area contributed by atoms with Crippen molar-refractivity contribution in [3.63, 3.8) is 0 Å². The highest BCUT2D eigenvalue weighted by atomic mass is 35.5. The molecule has 7 heteroatoms. The first-order chi connectivity index (χ1) is 10.2. The minimum Gasteiger partial charge on any atom is -0.378 e. The van der Waals surface area contributed by atoms with E-state index >= 15 is 0 Å². The van der Waals surface area contributed by atoms with Gasteiger partial charge in [0.05, 0.1) is 16.6 Å². The summed E-state index contributed by atoms with van der Waals surface area (Å²) in [6, 6.07) is 9.09. The van der Waals surface area contributed by atoms with Gasteiger partial charge in [-0.1, -0.05) is 23.2 Å². The number of pyridine rings is 1. The summed E-state index contributed by atoms with van der Waals surface area (Å²) >= 11 is 11.8. The Bertz CT molecular complexity index is 742. The van der Waals surface area contributed by atoms with Gasteiger partial charge in [-0.2, -0.15) is 5.10 Å². The Labute approximate surface area is 131 Å². The third kappa shape index (κ3) is 3.32. The van der Waals surface area contributed by atoms with Gasteiger partial charge in [0, 0.05) is 23.6 Å².